The molecule has 0 bridgehead atoms. The molecular weight excluding hydrogens is 290 g/mol. The van der Waals surface area contributed by atoms with Crippen molar-refractivity contribution >= 4 is 17.5 Å². The lowest BCUT2D eigenvalue weighted by molar-refractivity contribution is -0.125. The second-order valence-corrected chi connectivity index (χ2v) is 6.26. The standard InChI is InChI=1S/C18H27N3O2/c1-3-13(2)17(22)21-16-8-4-6-14(10-16)11-20-18(23)15-7-5-9-19-12-15/h4,6,8,10,13,15,19H,3,5,7,9,11-12H2,1-2H3,(H,20,23)(H,21,22). The van der Waals surface area contributed by atoms with Gasteiger partial charge in [-0.25, -0.2) is 0 Å². The van der Waals surface area contributed by atoms with Crippen LogP contribution < -0.4 is 16.0 Å². The Bertz CT molecular complexity index is 539. The molecule has 1 aliphatic heterocycles. The zero-order chi connectivity index (χ0) is 16.7. The van der Waals surface area contributed by atoms with Crippen molar-refractivity contribution in [2.75, 3.05) is 18.4 Å². The summed E-state index contributed by atoms with van der Waals surface area (Å²) >= 11 is 0. The normalized spacial score (nSPS) is 19.0. The summed E-state index contributed by atoms with van der Waals surface area (Å²) in [5.41, 5.74) is 1.77. The van der Waals surface area contributed by atoms with Crippen molar-refractivity contribution < 1.29 is 9.59 Å². The van der Waals surface area contributed by atoms with Crippen LogP contribution in [-0.4, -0.2) is 24.9 Å². The molecule has 2 amide bonds. The zero-order valence-corrected chi connectivity index (χ0v) is 14.0. The highest BCUT2D eigenvalue weighted by Crippen LogP contribution is 2.14. The molecule has 5 heteroatoms. The molecule has 0 aliphatic carbocycles. The Morgan fingerprint density at radius 1 is 1.39 bits per heavy atom. The topological polar surface area (TPSA) is 70.2 Å². The van der Waals surface area contributed by atoms with Crippen molar-refractivity contribution in [3.8, 4) is 0 Å². The van der Waals surface area contributed by atoms with Gasteiger partial charge in [-0.05, 0) is 43.5 Å². The van der Waals surface area contributed by atoms with Gasteiger partial charge in [-0.15, -0.1) is 0 Å². The maximum absolute atomic E-state index is 12.1. The number of hydrogen-bond acceptors (Lipinski definition) is 3. The molecule has 1 aromatic rings. The van der Waals surface area contributed by atoms with Gasteiger partial charge in [-0.2, -0.15) is 0 Å². The van der Waals surface area contributed by atoms with Crippen molar-refractivity contribution in [1.82, 2.24) is 10.6 Å². The van der Waals surface area contributed by atoms with E-state index in [-0.39, 0.29) is 23.7 Å². The van der Waals surface area contributed by atoms with E-state index in [1.54, 1.807) is 0 Å². The predicted octanol–water partition coefficient (Wildman–Crippen LogP) is 2.29. The molecule has 2 unspecified atom stereocenters. The van der Waals surface area contributed by atoms with Crippen LogP contribution in [-0.2, 0) is 16.1 Å². The molecule has 2 rings (SSSR count). The third kappa shape index (κ3) is 5.36. The van der Waals surface area contributed by atoms with Gasteiger partial charge < -0.3 is 16.0 Å². The maximum atomic E-state index is 12.1. The minimum absolute atomic E-state index is 0.00263. The van der Waals surface area contributed by atoms with E-state index in [0.717, 1.165) is 43.6 Å². The van der Waals surface area contributed by atoms with Crippen LogP contribution in [0.4, 0.5) is 5.69 Å². The summed E-state index contributed by atoms with van der Waals surface area (Å²) in [6.45, 7) is 6.16. The molecule has 1 heterocycles. The molecule has 1 aromatic carbocycles. The summed E-state index contributed by atoms with van der Waals surface area (Å²) in [6, 6.07) is 7.64. The van der Waals surface area contributed by atoms with Gasteiger partial charge in [0.05, 0.1) is 5.92 Å². The fourth-order valence-electron chi connectivity index (χ4n) is 2.62. The molecule has 1 saturated heterocycles. The van der Waals surface area contributed by atoms with Gasteiger partial charge in [0.2, 0.25) is 11.8 Å². The van der Waals surface area contributed by atoms with Gasteiger partial charge in [0.15, 0.2) is 0 Å². The Morgan fingerprint density at radius 3 is 2.91 bits per heavy atom. The summed E-state index contributed by atoms with van der Waals surface area (Å²) in [6.07, 6.45) is 2.82. The monoisotopic (exact) mass is 317 g/mol. The maximum Gasteiger partial charge on any atom is 0.227 e. The number of anilines is 1. The molecule has 3 N–H and O–H groups in total. The lowest BCUT2D eigenvalue weighted by Crippen LogP contribution is -2.40. The van der Waals surface area contributed by atoms with E-state index in [4.69, 9.17) is 0 Å². The number of nitrogens with one attached hydrogen (secondary N) is 3. The molecule has 0 saturated carbocycles. The molecule has 5 nitrogen and oxygen atoms in total. The smallest absolute Gasteiger partial charge is 0.227 e. The molecule has 1 aliphatic rings. The van der Waals surface area contributed by atoms with Crippen molar-refractivity contribution in [3.05, 3.63) is 29.8 Å². The lowest BCUT2D eigenvalue weighted by atomic mass is 9.99. The summed E-state index contributed by atoms with van der Waals surface area (Å²) in [5, 5.41) is 9.17. The van der Waals surface area contributed by atoms with Crippen molar-refractivity contribution in [2.45, 2.75) is 39.7 Å². The Morgan fingerprint density at radius 2 is 2.22 bits per heavy atom. The van der Waals surface area contributed by atoms with E-state index in [2.05, 4.69) is 16.0 Å². The SMILES string of the molecule is CCC(C)C(=O)Nc1cccc(CNC(=O)C2CCCNC2)c1. The van der Waals surface area contributed by atoms with Crippen molar-refractivity contribution in [2.24, 2.45) is 11.8 Å². The highest BCUT2D eigenvalue weighted by atomic mass is 16.2. The summed E-state index contributed by atoms with van der Waals surface area (Å²) in [7, 11) is 0. The van der Waals surface area contributed by atoms with Gasteiger partial charge >= 0.3 is 0 Å². The molecule has 0 radical (unpaired) electrons. The Hall–Kier alpha value is -1.88. The number of carbonyl (C=O) groups excluding carboxylic acids is 2. The number of piperidine rings is 1. The second kappa shape index (κ2) is 8.67. The largest absolute Gasteiger partial charge is 0.352 e. The fourth-order valence-corrected chi connectivity index (χ4v) is 2.62. The zero-order valence-electron chi connectivity index (χ0n) is 14.0. The Kier molecular flexibility index (Phi) is 6.59. The third-order valence-corrected chi connectivity index (χ3v) is 4.39. The molecule has 126 valence electrons. The third-order valence-electron chi connectivity index (χ3n) is 4.39. The minimum atomic E-state index is -0.00263. The van der Waals surface area contributed by atoms with E-state index in [1.165, 1.54) is 0 Å². The Balaban J connectivity index is 1.87. The first-order chi connectivity index (χ1) is 11.1. The molecule has 0 aromatic heterocycles. The molecule has 23 heavy (non-hydrogen) atoms. The number of benzene rings is 1. The lowest BCUT2D eigenvalue weighted by Gasteiger charge is -2.22. The summed E-state index contributed by atoms with van der Waals surface area (Å²) < 4.78 is 0. The summed E-state index contributed by atoms with van der Waals surface area (Å²) in [4.78, 5) is 24.1. The van der Waals surface area contributed by atoms with E-state index in [9.17, 15) is 9.59 Å². The van der Waals surface area contributed by atoms with Crippen LogP contribution in [0.1, 0.15) is 38.7 Å². The first-order valence-electron chi connectivity index (χ1n) is 8.48. The Labute approximate surface area is 138 Å². The number of rotatable bonds is 6. The van der Waals surface area contributed by atoms with Gasteiger partial charge in [-0.3, -0.25) is 9.59 Å². The van der Waals surface area contributed by atoms with Crippen molar-refractivity contribution in [1.29, 1.82) is 0 Å². The molecule has 0 spiro atoms. The van der Waals surface area contributed by atoms with Crippen LogP contribution in [0.5, 0.6) is 0 Å². The number of hydrogen-bond donors (Lipinski definition) is 3. The molecular formula is C18H27N3O2. The fraction of sp³-hybridized carbons (Fsp3) is 0.556. The average molecular weight is 317 g/mol. The predicted molar refractivity (Wildman–Crippen MR) is 92.0 cm³/mol. The average Bonchev–Trinajstić information content (AvgIpc) is 2.60. The first kappa shape index (κ1) is 17.5. The van der Waals surface area contributed by atoms with Crippen LogP contribution >= 0.6 is 0 Å². The summed E-state index contributed by atoms with van der Waals surface area (Å²) in [5.74, 6) is 0.197. The molecule has 2 atom stereocenters. The molecule has 1 fully saturated rings. The van der Waals surface area contributed by atoms with Crippen LogP contribution in [0.2, 0.25) is 0 Å². The van der Waals surface area contributed by atoms with Gasteiger partial charge in [0, 0.05) is 24.7 Å². The van der Waals surface area contributed by atoms with Gasteiger partial charge in [-0.1, -0.05) is 26.0 Å². The van der Waals surface area contributed by atoms with Gasteiger partial charge in [0.1, 0.15) is 0 Å². The van der Waals surface area contributed by atoms with E-state index in [1.807, 2.05) is 38.1 Å². The van der Waals surface area contributed by atoms with Crippen LogP contribution in [0.25, 0.3) is 0 Å². The van der Waals surface area contributed by atoms with Crippen LogP contribution in [0.15, 0.2) is 24.3 Å². The van der Waals surface area contributed by atoms with E-state index < -0.39 is 0 Å². The highest BCUT2D eigenvalue weighted by molar-refractivity contribution is 5.92. The van der Waals surface area contributed by atoms with E-state index in [0.29, 0.717) is 6.54 Å². The second-order valence-electron chi connectivity index (χ2n) is 6.26. The van der Waals surface area contributed by atoms with E-state index >= 15 is 0 Å². The van der Waals surface area contributed by atoms with Crippen molar-refractivity contribution in [3.63, 3.8) is 0 Å². The highest BCUT2D eigenvalue weighted by Gasteiger charge is 2.20. The quantitative estimate of drug-likeness (QED) is 0.754. The first-order valence-corrected chi connectivity index (χ1v) is 8.48. The number of carbonyl (C=O) groups is 2. The van der Waals surface area contributed by atoms with Gasteiger partial charge in [0.25, 0.3) is 0 Å². The van der Waals surface area contributed by atoms with Crippen LogP contribution in [0, 0.1) is 11.8 Å². The number of amides is 2. The van der Waals surface area contributed by atoms with Crippen LogP contribution in [0.3, 0.4) is 0 Å². The minimum Gasteiger partial charge on any atom is -0.352 e.